The van der Waals surface area contributed by atoms with Crippen molar-refractivity contribution in [1.82, 2.24) is 0 Å². The van der Waals surface area contributed by atoms with Gasteiger partial charge in [0.2, 0.25) is 0 Å². The molecule has 1 unspecified atom stereocenters. The van der Waals surface area contributed by atoms with Gasteiger partial charge in [-0.25, -0.2) is 0 Å². The number of para-hydroxylation sites is 1. The van der Waals surface area contributed by atoms with Gasteiger partial charge in [0.25, 0.3) is 0 Å². The van der Waals surface area contributed by atoms with E-state index in [4.69, 9.17) is 0 Å². The van der Waals surface area contributed by atoms with Crippen molar-refractivity contribution in [1.29, 1.82) is 0 Å². The zero-order valence-corrected chi connectivity index (χ0v) is 14.5. The lowest BCUT2D eigenvalue weighted by molar-refractivity contribution is -0.138. The Morgan fingerprint density at radius 1 is 0.885 bits per heavy atom. The van der Waals surface area contributed by atoms with Crippen molar-refractivity contribution in [2.75, 3.05) is 0 Å². The Morgan fingerprint density at radius 2 is 1.50 bits per heavy atom. The molecule has 0 fully saturated rings. The Hall–Kier alpha value is -3.33. The third kappa shape index (κ3) is 3.67. The standard InChI is InChI=1S/C23H20O3/c1-16(23(25)26)19-12-6-5-11-18(19)15-21(17-9-3-2-4-10-17)20-13-7-8-14-22(20)24/h2-16,24H,1H3,(H,25,26). The molecule has 26 heavy (non-hydrogen) atoms. The molecular weight excluding hydrogens is 324 g/mol. The van der Waals surface area contributed by atoms with Crippen molar-refractivity contribution in [3.8, 4) is 5.75 Å². The van der Waals surface area contributed by atoms with Crippen molar-refractivity contribution in [3.05, 3.63) is 101 Å². The van der Waals surface area contributed by atoms with Gasteiger partial charge in [0, 0.05) is 5.56 Å². The molecular formula is C23H20O3. The summed E-state index contributed by atoms with van der Waals surface area (Å²) in [7, 11) is 0. The Labute approximate surface area is 152 Å². The maximum absolute atomic E-state index is 11.5. The first-order valence-corrected chi connectivity index (χ1v) is 8.45. The molecule has 1 atom stereocenters. The molecule has 0 spiro atoms. The fourth-order valence-corrected chi connectivity index (χ4v) is 2.96. The third-order valence-electron chi connectivity index (χ3n) is 4.41. The first-order valence-electron chi connectivity index (χ1n) is 8.45. The van der Waals surface area contributed by atoms with Gasteiger partial charge < -0.3 is 10.2 Å². The molecule has 3 heteroatoms. The highest BCUT2D eigenvalue weighted by Gasteiger charge is 2.17. The van der Waals surface area contributed by atoms with Gasteiger partial charge in [0.15, 0.2) is 0 Å². The third-order valence-corrected chi connectivity index (χ3v) is 4.41. The highest BCUT2D eigenvalue weighted by atomic mass is 16.4. The number of phenolic OH excluding ortho intramolecular Hbond substituents is 1. The number of rotatable bonds is 5. The van der Waals surface area contributed by atoms with E-state index >= 15 is 0 Å². The molecule has 130 valence electrons. The number of benzene rings is 3. The molecule has 0 amide bonds. The van der Waals surface area contributed by atoms with Crippen LogP contribution in [0.4, 0.5) is 0 Å². The second-order valence-corrected chi connectivity index (χ2v) is 6.13. The quantitative estimate of drug-likeness (QED) is 0.628. The van der Waals surface area contributed by atoms with Crippen molar-refractivity contribution in [2.45, 2.75) is 12.8 Å². The van der Waals surface area contributed by atoms with E-state index in [0.717, 1.165) is 22.3 Å². The van der Waals surface area contributed by atoms with E-state index in [1.165, 1.54) is 0 Å². The van der Waals surface area contributed by atoms with Crippen LogP contribution in [0.2, 0.25) is 0 Å². The molecule has 0 saturated carbocycles. The number of hydrogen-bond donors (Lipinski definition) is 2. The molecule has 0 radical (unpaired) electrons. The molecule has 3 rings (SSSR count). The molecule has 0 bridgehead atoms. The highest BCUT2D eigenvalue weighted by Crippen LogP contribution is 2.33. The van der Waals surface area contributed by atoms with Crippen LogP contribution in [0.1, 0.15) is 35.1 Å². The Morgan fingerprint density at radius 3 is 2.19 bits per heavy atom. The lowest BCUT2D eigenvalue weighted by Gasteiger charge is -2.14. The maximum Gasteiger partial charge on any atom is 0.310 e. The number of hydrogen-bond acceptors (Lipinski definition) is 2. The zero-order valence-electron chi connectivity index (χ0n) is 14.5. The molecule has 2 N–H and O–H groups in total. The van der Waals surface area contributed by atoms with Crippen molar-refractivity contribution in [2.24, 2.45) is 0 Å². The summed E-state index contributed by atoms with van der Waals surface area (Å²) in [5, 5.41) is 19.8. The number of phenols is 1. The zero-order chi connectivity index (χ0) is 18.5. The second-order valence-electron chi connectivity index (χ2n) is 6.13. The molecule has 3 aromatic carbocycles. The van der Waals surface area contributed by atoms with E-state index < -0.39 is 11.9 Å². The van der Waals surface area contributed by atoms with E-state index in [-0.39, 0.29) is 5.75 Å². The minimum absolute atomic E-state index is 0.186. The predicted octanol–water partition coefficient (Wildman–Crippen LogP) is 5.17. The van der Waals surface area contributed by atoms with E-state index in [0.29, 0.717) is 5.56 Å². The van der Waals surface area contributed by atoms with Crippen LogP contribution >= 0.6 is 0 Å². The van der Waals surface area contributed by atoms with Crippen LogP contribution in [0, 0.1) is 0 Å². The van der Waals surface area contributed by atoms with Gasteiger partial charge in [-0.05, 0) is 41.3 Å². The molecule has 0 aromatic heterocycles. The summed E-state index contributed by atoms with van der Waals surface area (Å²) in [6.45, 7) is 1.68. The van der Waals surface area contributed by atoms with E-state index in [1.807, 2.05) is 72.8 Å². The molecule has 0 saturated heterocycles. The van der Waals surface area contributed by atoms with Crippen LogP contribution < -0.4 is 0 Å². The highest BCUT2D eigenvalue weighted by molar-refractivity contribution is 5.94. The van der Waals surface area contributed by atoms with Gasteiger partial charge in [-0.2, -0.15) is 0 Å². The summed E-state index contributed by atoms with van der Waals surface area (Å²) >= 11 is 0. The summed E-state index contributed by atoms with van der Waals surface area (Å²) in [6.07, 6.45) is 1.94. The Bertz CT molecular complexity index is 942. The van der Waals surface area contributed by atoms with Crippen LogP contribution in [0.15, 0.2) is 78.9 Å². The lowest BCUT2D eigenvalue weighted by Crippen LogP contribution is -2.08. The maximum atomic E-state index is 11.5. The molecule has 0 aliphatic heterocycles. The SMILES string of the molecule is CC(C(=O)O)c1ccccc1C=C(c1ccccc1)c1ccccc1O. The first kappa shape index (κ1) is 17.5. The topological polar surface area (TPSA) is 57.5 Å². The van der Waals surface area contributed by atoms with Crippen LogP contribution in [0.3, 0.4) is 0 Å². The Balaban J connectivity index is 2.21. The van der Waals surface area contributed by atoms with Gasteiger partial charge in [-0.1, -0.05) is 72.8 Å². The molecule has 0 heterocycles. The Kier molecular flexibility index (Phi) is 5.18. The minimum Gasteiger partial charge on any atom is -0.507 e. The average Bonchev–Trinajstić information content (AvgIpc) is 2.67. The fraction of sp³-hybridized carbons (Fsp3) is 0.0870. The monoisotopic (exact) mass is 344 g/mol. The molecule has 0 aliphatic carbocycles. The second kappa shape index (κ2) is 7.70. The molecule has 3 nitrogen and oxygen atoms in total. The van der Waals surface area contributed by atoms with E-state index in [2.05, 4.69) is 0 Å². The van der Waals surface area contributed by atoms with Crippen molar-refractivity contribution < 1.29 is 15.0 Å². The number of carbonyl (C=O) groups is 1. The largest absolute Gasteiger partial charge is 0.507 e. The molecule has 0 aliphatic rings. The summed E-state index contributed by atoms with van der Waals surface area (Å²) < 4.78 is 0. The van der Waals surface area contributed by atoms with Gasteiger partial charge in [0.05, 0.1) is 5.92 Å². The summed E-state index contributed by atoms with van der Waals surface area (Å²) in [5.74, 6) is -1.30. The first-order chi connectivity index (χ1) is 12.6. The van der Waals surface area contributed by atoms with Gasteiger partial charge in [-0.15, -0.1) is 0 Å². The number of aliphatic carboxylic acids is 1. The van der Waals surface area contributed by atoms with E-state index in [9.17, 15) is 15.0 Å². The minimum atomic E-state index is -0.866. The van der Waals surface area contributed by atoms with Crippen LogP contribution in [0.5, 0.6) is 5.75 Å². The lowest BCUT2D eigenvalue weighted by atomic mass is 9.90. The normalized spacial score (nSPS) is 12.6. The predicted molar refractivity (Wildman–Crippen MR) is 104 cm³/mol. The molecule has 3 aromatic rings. The van der Waals surface area contributed by atoms with Crippen LogP contribution in [0.25, 0.3) is 11.6 Å². The number of carboxylic acids is 1. The fourth-order valence-electron chi connectivity index (χ4n) is 2.96. The van der Waals surface area contributed by atoms with Crippen molar-refractivity contribution in [3.63, 3.8) is 0 Å². The van der Waals surface area contributed by atoms with E-state index in [1.54, 1.807) is 19.1 Å². The summed E-state index contributed by atoms with van der Waals surface area (Å²) in [4.78, 5) is 11.5. The van der Waals surface area contributed by atoms with Crippen molar-refractivity contribution >= 4 is 17.6 Å². The number of aromatic hydroxyl groups is 1. The van der Waals surface area contributed by atoms with Gasteiger partial charge in [-0.3, -0.25) is 4.79 Å². The van der Waals surface area contributed by atoms with Crippen LogP contribution in [-0.4, -0.2) is 16.2 Å². The summed E-state index contributed by atoms with van der Waals surface area (Å²) in [6, 6.07) is 24.4. The van der Waals surface area contributed by atoms with Gasteiger partial charge in [0.1, 0.15) is 5.75 Å². The van der Waals surface area contributed by atoms with Gasteiger partial charge >= 0.3 is 5.97 Å². The average molecular weight is 344 g/mol. The summed E-state index contributed by atoms with van der Waals surface area (Å²) in [5.41, 5.74) is 4.06. The smallest absolute Gasteiger partial charge is 0.310 e. The number of carboxylic acid groups (broad SMARTS) is 1. The van der Waals surface area contributed by atoms with Crippen LogP contribution in [-0.2, 0) is 4.79 Å².